The van der Waals surface area contributed by atoms with E-state index in [0.717, 1.165) is 18.2 Å². The van der Waals surface area contributed by atoms with Gasteiger partial charge < -0.3 is 15.2 Å². The van der Waals surface area contributed by atoms with Crippen LogP contribution in [0.5, 0.6) is 5.75 Å². The van der Waals surface area contributed by atoms with Gasteiger partial charge >= 0.3 is 12.1 Å². The molecule has 9 heteroatoms. The van der Waals surface area contributed by atoms with E-state index in [2.05, 4.69) is 5.32 Å². The van der Waals surface area contributed by atoms with Crippen LogP contribution in [0, 0.1) is 0 Å². The van der Waals surface area contributed by atoms with Crippen molar-refractivity contribution in [3.8, 4) is 5.75 Å². The molecule has 1 aliphatic heterocycles. The molecule has 1 heterocycles. The molecule has 2 aromatic rings. The topological polar surface area (TPSA) is 75.6 Å². The van der Waals surface area contributed by atoms with Gasteiger partial charge in [-0.25, -0.2) is 0 Å². The number of carboxylic acids is 1. The number of hydrogen-bond donors (Lipinski definition) is 2. The molecule has 2 aromatic carbocycles. The molecule has 27 heavy (non-hydrogen) atoms. The summed E-state index contributed by atoms with van der Waals surface area (Å²) in [7, 11) is 1.34. The summed E-state index contributed by atoms with van der Waals surface area (Å²) in [6.45, 7) is 0. The van der Waals surface area contributed by atoms with Crippen LogP contribution in [0.15, 0.2) is 36.4 Å². The molecule has 1 atom stereocenters. The summed E-state index contributed by atoms with van der Waals surface area (Å²) in [5.74, 6) is -1.87. The van der Waals surface area contributed by atoms with Crippen LogP contribution in [0.1, 0.15) is 23.1 Å². The number of fused-ring (bicyclic) bond motifs is 1. The summed E-state index contributed by atoms with van der Waals surface area (Å²) in [6, 6.07) is 7.06. The molecule has 1 aliphatic rings. The predicted octanol–water partition coefficient (Wildman–Crippen LogP) is 4.08. The fraction of sp³-hybridized carbons (Fsp3) is 0.222. The molecule has 3 rings (SSSR count). The van der Waals surface area contributed by atoms with Gasteiger partial charge in [0.25, 0.3) is 0 Å². The number of hydrogen-bond acceptors (Lipinski definition) is 3. The van der Waals surface area contributed by atoms with Crippen LogP contribution in [-0.4, -0.2) is 24.1 Å². The van der Waals surface area contributed by atoms with Gasteiger partial charge in [-0.1, -0.05) is 17.7 Å². The Balaban J connectivity index is 2.31. The van der Waals surface area contributed by atoms with E-state index in [1.54, 1.807) is 0 Å². The molecular weight excluding hydrogens is 387 g/mol. The van der Waals surface area contributed by atoms with Crippen LogP contribution in [0.2, 0.25) is 5.02 Å². The average molecular weight is 400 g/mol. The summed E-state index contributed by atoms with van der Waals surface area (Å²) < 4.78 is 44.3. The van der Waals surface area contributed by atoms with E-state index in [9.17, 15) is 27.9 Å². The summed E-state index contributed by atoms with van der Waals surface area (Å²) in [4.78, 5) is 24.4. The second-order valence-electron chi connectivity index (χ2n) is 6.03. The zero-order valence-electron chi connectivity index (χ0n) is 13.9. The van der Waals surface area contributed by atoms with Gasteiger partial charge in [-0.2, -0.15) is 13.2 Å². The zero-order valence-corrected chi connectivity index (χ0v) is 14.6. The fourth-order valence-electron chi connectivity index (χ4n) is 3.33. The lowest BCUT2D eigenvalue weighted by Gasteiger charge is -2.28. The molecule has 0 saturated heterocycles. The third kappa shape index (κ3) is 3.10. The van der Waals surface area contributed by atoms with Crippen LogP contribution in [-0.2, 0) is 21.2 Å². The number of carboxylic acid groups (broad SMARTS) is 1. The molecule has 0 bridgehead atoms. The van der Waals surface area contributed by atoms with E-state index in [1.807, 2.05) is 0 Å². The summed E-state index contributed by atoms with van der Waals surface area (Å²) in [5, 5.41) is 12.0. The number of ether oxygens (including phenoxy) is 1. The van der Waals surface area contributed by atoms with Gasteiger partial charge in [0.05, 0.1) is 19.1 Å². The average Bonchev–Trinajstić information content (AvgIpc) is 2.85. The maximum Gasteiger partial charge on any atom is 0.416 e. The Kier molecular flexibility index (Phi) is 4.55. The Bertz CT molecular complexity index is 945. The van der Waals surface area contributed by atoms with Crippen molar-refractivity contribution in [1.82, 2.24) is 0 Å². The van der Waals surface area contributed by atoms with Crippen molar-refractivity contribution in [3.05, 3.63) is 58.1 Å². The van der Waals surface area contributed by atoms with Gasteiger partial charge in [-0.3, -0.25) is 9.59 Å². The minimum atomic E-state index is -4.61. The van der Waals surface area contributed by atoms with Gasteiger partial charge in [0.15, 0.2) is 0 Å². The standard InChI is InChI=1S/C18H13ClF3NO4/c1-27-14-5-3-10(19)7-12(14)17(8-15(24)25)11-4-2-9(18(20,21)22)6-13(11)23-16(17)26/h2-7H,8H2,1H3,(H,23,26)(H,24,25)/t17-/m0/s1. The van der Waals surface area contributed by atoms with Crippen molar-refractivity contribution in [3.63, 3.8) is 0 Å². The van der Waals surface area contributed by atoms with Gasteiger partial charge in [-0.15, -0.1) is 0 Å². The normalized spacial score (nSPS) is 18.8. The lowest BCUT2D eigenvalue weighted by molar-refractivity contribution is -0.140. The summed E-state index contributed by atoms with van der Waals surface area (Å²) in [6.07, 6.45) is -5.29. The molecule has 0 aliphatic carbocycles. The smallest absolute Gasteiger partial charge is 0.416 e. The van der Waals surface area contributed by atoms with Gasteiger partial charge in [0.2, 0.25) is 5.91 Å². The largest absolute Gasteiger partial charge is 0.496 e. The first-order valence-corrected chi connectivity index (χ1v) is 8.06. The van der Waals surface area contributed by atoms with E-state index >= 15 is 0 Å². The first kappa shape index (κ1) is 19.0. The molecule has 0 spiro atoms. The predicted molar refractivity (Wildman–Crippen MR) is 91.1 cm³/mol. The summed E-state index contributed by atoms with van der Waals surface area (Å²) in [5.41, 5.74) is -2.55. The molecule has 0 unspecified atom stereocenters. The molecule has 1 amide bonds. The van der Waals surface area contributed by atoms with E-state index in [0.29, 0.717) is 0 Å². The van der Waals surface area contributed by atoms with Crippen LogP contribution in [0.4, 0.5) is 18.9 Å². The third-order valence-electron chi connectivity index (χ3n) is 4.48. The molecular formula is C18H13ClF3NO4. The van der Waals surface area contributed by atoms with E-state index in [4.69, 9.17) is 16.3 Å². The number of carbonyl (C=O) groups is 2. The van der Waals surface area contributed by atoms with E-state index in [-0.39, 0.29) is 27.6 Å². The van der Waals surface area contributed by atoms with Gasteiger partial charge in [-0.05, 0) is 35.9 Å². The number of amides is 1. The van der Waals surface area contributed by atoms with Crippen molar-refractivity contribution in [2.45, 2.75) is 18.0 Å². The summed E-state index contributed by atoms with van der Waals surface area (Å²) >= 11 is 6.03. The van der Waals surface area contributed by atoms with Crippen molar-refractivity contribution in [1.29, 1.82) is 0 Å². The second kappa shape index (κ2) is 6.45. The fourth-order valence-corrected chi connectivity index (χ4v) is 3.50. The number of anilines is 1. The third-order valence-corrected chi connectivity index (χ3v) is 4.72. The molecule has 0 radical (unpaired) electrons. The highest BCUT2D eigenvalue weighted by Crippen LogP contribution is 2.50. The molecule has 5 nitrogen and oxygen atoms in total. The highest BCUT2D eigenvalue weighted by molar-refractivity contribution is 6.30. The number of aliphatic carboxylic acids is 1. The van der Waals surface area contributed by atoms with Crippen molar-refractivity contribution in [2.75, 3.05) is 12.4 Å². The SMILES string of the molecule is COc1ccc(Cl)cc1[C@@]1(CC(=O)O)C(=O)Nc2cc(C(F)(F)F)ccc21. The van der Waals surface area contributed by atoms with Gasteiger partial charge in [0, 0.05) is 16.3 Å². The Labute approximate surface area is 156 Å². The van der Waals surface area contributed by atoms with Crippen LogP contribution < -0.4 is 10.1 Å². The van der Waals surface area contributed by atoms with Crippen LogP contribution in [0.3, 0.4) is 0 Å². The van der Waals surface area contributed by atoms with Crippen molar-refractivity contribution >= 4 is 29.2 Å². The minimum Gasteiger partial charge on any atom is -0.496 e. The molecule has 142 valence electrons. The van der Waals surface area contributed by atoms with Crippen molar-refractivity contribution < 1.29 is 32.6 Å². The Morgan fingerprint density at radius 3 is 2.52 bits per heavy atom. The zero-order chi connectivity index (χ0) is 20.0. The molecule has 0 saturated carbocycles. The number of methoxy groups -OCH3 is 1. The number of carbonyl (C=O) groups excluding carboxylic acids is 1. The van der Waals surface area contributed by atoms with Gasteiger partial charge in [0.1, 0.15) is 11.2 Å². The Morgan fingerprint density at radius 2 is 1.93 bits per heavy atom. The highest BCUT2D eigenvalue weighted by atomic mass is 35.5. The Hall–Kier alpha value is -2.74. The lowest BCUT2D eigenvalue weighted by Crippen LogP contribution is -2.38. The first-order valence-electron chi connectivity index (χ1n) is 7.68. The maximum atomic E-state index is 13.0. The van der Waals surface area contributed by atoms with E-state index < -0.39 is 35.5 Å². The highest BCUT2D eigenvalue weighted by Gasteiger charge is 2.52. The number of halogens is 4. The van der Waals surface area contributed by atoms with Crippen molar-refractivity contribution in [2.24, 2.45) is 0 Å². The second-order valence-corrected chi connectivity index (χ2v) is 6.47. The molecule has 0 fully saturated rings. The number of alkyl halides is 3. The molecule has 0 aromatic heterocycles. The quantitative estimate of drug-likeness (QED) is 0.812. The maximum absolute atomic E-state index is 13.0. The minimum absolute atomic E-state index is 0.0990. The number of benzene rings is 2. The Morgan fingerprint density at radius 1 is 1.22 bits per heavy atom. The number of nitrogens with one attached hydrogen (secondary N) is 1. The van der Waals surface area contributed by atoms with Crippen LogP contribution in [0.25, 0.3) is 0 Å². The number of rotatable bonds is 4. The lowest BCUT2D eigenvalue weighted by atomic mass is 9.72. The first-order chi connectivity index (χ1) is 12.6. The van der Waals surface area contributed by atoms with Crippen LogP contribution >= 0.6 is 11.6 Å². The van der Waals surface area contributed by atoms with E-state index in [1.165, 1.54) is 25.3 Å². The monoisotopic (exact) mass is 399 g/mol. The molecule has 2 N–H and O–H groups in total.